The molecule has 0 saturated carbocycles. The normalized spacial score (nSPS) is 11.6. The van der Waals surface area contributed by atoms with Gasteiger partial charge in [0, 0.05) is 42.3 Å². The smallest absolute Gasteiger partial charge is 0.136 e. The zero-order valence-electron chi connectivity index (χ0n) is 22.4. The molecule has 0 aliphatic rings. The van der Waals surface area contributed by atoms with Crippen LogP contribution in [-0.2, 0) is 28.1 Å². The summed E-state index contributed by atoms with van der Waals surface area (Å²) >= 11 is 13.4. The molecule has 12 heteroatoms. The van der Waals surface area contributed by atoms with Gasteiger partial charge in [-0.2, -0.15) is 5.26 Å². The van der Waals surface area contributed by atoms with Crippen molar-refractivity contribution in [1.29, 1.82) is 5.26 Å². The molecule has 0 spiro atoms. The number of ketones is 2. The van der Waals surface area contributed by atoms with Crippen molar-refractivity contribution in [3.8, 4) is 6.07 Å². The van der Waals surface area contributed by atoms with E-state index in [-0.39, 0.29) is 47.9 Å². The van der Waals surface area contributed by atoms with Gasteiger partial charge in [-0.15, -0.1) is 0 Å². The number of carbonyl (C=O) groups excluding carboxylic acids is 2. The maximum absolute atomic E-state index is 10.6. The van der Waals surface area contributed by atoms with Crippen LogP contribution in [0, 0.1) is 54.8 Å². The average molecular weight is 1210 g/mol. The van der Waals surface area contributed by atoms with Gasteiger partial charge in [0.2, 0.25) is 0 Å². The molecule has 1 heterocycles. The summed E-state index contributed by atoms with van der Waals surface area (Å²) in [5.74, 6) is -0.0363. The van der Waals surface area contributed by atoms with E-state index in [9.17, 15) is 9.59 Å². The number of H-pyrrole nitrogens is 1. The maximum Gasteiger partial charge on any atom is 0.136 e. The van der Waals surface area contributed by atoms with Crippen LogP contribution in [0.25, 0.3) is 0 Å². The molecule has 1 radical (unpaired) electrons. The Kier molecular flexibility index (Phi) is 50.8. The van der Waals surface area contributed by atoms with E-state index in [4.69, 9.17) is 11.0 Å². The number of nitriles is 1. The molecular weight excluding hydrogens is 1170 g/mol. The second kappa shape index (κ2) is 35.6. The van der Waals surface area contributed by atoms with Crippen molar-refractivity contribution in [3.05, 3.63) is 39.7 Å². The first-order valence-electron chi connectivity index (χ1n) is 10.3. The fourth-order valence-corrected chi connectivity index (χ4v) is 1.66. The Labute approximate surface area is 314 Å². The van der Waals surface area contributed by atoms with Gasteiger partial charge < -0.3 is 33.3 Å². The third-order valence-electron chi connectivity index (χ3n) is 4.81. The maximum atomic E-state index is 10.6. The topological polar surface area (TPSA) is 99.7 Å². The Bertz CT molecular complexity index is 716. The van der Waals surface area contributed by atoms with E-state index < -0.39 is 0 Å². The van der Waals surface area contributed by atoms with E-state index >= 15 is 0 Å². The average Bonchev–Trinajstić information content (AvgIpc) is 3.09. The Morgan fingerprint density at radius 1 is 1.06 bits per heavy atom. The van der Waals surface area contributed by atoms with Gasteiger partial charge in [0.05, 0.1) is 14.4 Å². The molecule has 0 fully saturated rings. The minimum Gasteiger partial charge on any atom is -0.405 e. The summed E-state index contributed by atoms with van der Waals surface area (Å²) in [5.41, 5.74) is 10.1. The minimum atomic E-state index is -0.150. The van der Waals surface area contributed by atoms with Crippen LogP contribution in [0.2, 0.25) is 0 Å². The summed E-state index contributed by atoms with van der Waals surface area (Å²) in [5, 5.41) is 8.35. The molecule has 0 aliphatic heterocycles. The third-order valence-corrected chi connectivity index (χ3v) is 4.81. The molecule has 0 saturated heterocycles. The molecule has 3 N–H and O–H groups in total. The Morgan fingerprint density at radius 2 is 1.42 bits per heavy atom. The number of halogens is 6. The molecule has 0 aromatic carbocycles. The Morgan fingerprint density at radius 3 is 1.50 bits per heavy atom. The van der Waals surface area contributed by atoms with Crippen LogP contribution in [0.1, 0.15) is 58.4 Å². The predicted molar refractivity (Wildman–Crippen MR) is 206 cm³/mol. The van der Waals surface area contributed by atoms with Gasteiger partial charge >= 0.3 is 0 Å². The van der Waals surface area contributed by atoms with E-state index in [1.54, 1.807) is 20.8 Å². The number of allylic oxidation sites excluding steroid dienone is 1. The minimum absolute atomic E-state index is 0. The van der Waals surface area contributed by atoms with E-state index in [0.29, 0.717) is 0 Å². The molecule has 3 unspecified atom stereocenters. The van der Waals surface area contributed by atoms with Gasteiger partial charge in [-0.3, -0.25) is 14.5 Å². The van der Waals surface area contributed by atoms with Crippen molar-refractivity contribution in [2.24, 2.45) is 23.5 Å². The molecule has 0 aliphatic carbocycles. The van der Waals surface area contributed by atoms with E-state index in [2.05, 4.69) is 144 Å². The van der Waals surface area contributed by atoms with Crippen molar-refractivity contribution in [2.75, 3.05) is 2.43 Å². The number of alkyl halides is 5. The second-order valence-corrected chi connectivity index (χ2v) is 22.5. The van der Waals surface area contributed by atoms with Crippen LogP contribution in [0.3, 0.4) is 0 Å². The Balaban J connectivity index is -0.0000000797. The van der Waals surface area contributed by atoms with Crippen molar-refractivity contribution in [3.63, 3.8) is 0 Å². The summed E-state index contributed by atoms with van der Waals surface area (Å²) in [4.78, 5) is 27.6. The van der Waals surface area contributed by atoms with Crippen molar-refractivity contribution in [2.45, 2.75) is 62.3 Å². The van der Waals surface area contributed by atoms with Gasteiger partial charge in [-0.1, -0.05) is 127 Å². The van der Waals surface area contributed by atoms with Crippen LogP contribution >= 0.6 is 136 Å². The summed E-state index contributed by atoms with van der Waals surface area (Å²) in [6, 6.07) is 2.03. The fourth-order valence-electron chi connectivity index (χ4n) is 1.66. The number of nitrogens with two attached hydrogens (primary N) is 1. The van der Waals surface area contributed by atoms with Gasteiger partial charge in [-0.05, 0) is 71.4 Å². The standard InChI is InChI=1S/C7H13NO.C7H11NO.C7H11N.CHI3.CH2I2.CH2I.V/c2*1-5(4-8)6(2)7(3)9;1-5-4-8-7(3)6(5)2;2-1(3)4;2-1-3;1-2;/h4,6H,8H2,1-3H3;5-6H,1-3H3;4,8H,1-3H3;1H;1H2;1H2;/q;;;;;-1;. The number of rotatable bonds is 4. The zero-order chi connectivity index (χ0) is 29.3. The number of aryl methyl sites for hydroxylation is 2. The number of nitrogens with zero attached hydrogens (tertiary/aromatic N) is 1. The molecule has 36 heavy (non-hydrogen) atoms. The largest absolute Gasteiger partial charge is 0.405 e. The van der Waals surface area contributed by atoms with Crippen LogP contribution in [0.5, 0.6) is 0 Å². The van der Waals surface area contributed by atoms with Crippen molar-refractivity contribution in [1.82, 2.24) is 4.98 Å². The van der Waals surface area contributed by atoms with E-state index in [1.165, 1.54) is 32.4 Å². The summed E-state index contributed by atoms with van der Waals surface area (Å²) in [7, 11) is 0. The van der Waals surface area contributed by atoms with Crippen LogP contribution in [0.15, 0.2) is 18.0 Å². The molecule has 5 nitrogen and oxygen atoms in total. The van der Waals surface area contributed by atoms with Crippen LogP contribution in [0.4, 0.5) is 0 Å². The van der Waals surface area contributed by atoms with Crippen molar-refractivity contribution >= 4 is 147 Å². The summed E-state index contributed by atoms with van der Waals surface area (Å²) < 4.78 is 1.93. The quantitative estimate of drug-likeness (QED) is 0.178. The number of carbonyl (C=O) groups is 2. The number of nitrogens with one attached hydrogen (secondary N) is 1. The summed E-state index contributed by atoms with van der Waals surface area (Å²) in [6.07, 6.45) is 3.51. The van der Waals surface area contributed by atoms with Crippen molar-refractivity contribution < 1.29 is 28.1 Å². The molecular formula is C24H40I6N3O2V-. The number of hydrogen-bond acceptors (Lipinski definition) is 4. The molecule has 1 aromatic heterocycles. The number of aromatic nitrogens is 1. The number of hydrogen-bond donors (Lipinski definition) is 2. The van der Waals surface area contributed by atoms with E-state index in [0.717, 1.165) is 5.51 Å². The zero-order valence-corrected chi connectivity index (χ0v) is 36.8. The van der Waals surface area contributed by atoms with Gasteiger partial charge in [0.25, 0.3) is 0 Å². The first-order chi connectivity index (χ1) is 16.0. The SMILES string of the molecule is CC(=O)C(C)C(C)=CN.CC(=O)C(C)C(C)C#N.Cc1c[nH]c(C)c1C.IC(I)I.ICI.[CH2-]I.[V]. The third kappa shape index (κ3) is 36.6. The predicted octanol–water partition coefficient (Wildman–Crippen LogP) is 9.98. The van der Waals surface area contributed by atoms with Crippen LogP contribution in [-0.4, -0.2) is 18.9 Å². The van der Waals surface area contributed by atoms with Gasteiger partial charge in [-0.25, -0.2) is 0 Å². The molecule has 3 atom stereocenters. The monoisotopic (exact) mass is 1210 g/mol. The van der Waals surface area contributed by atoms with Gasteiger partial charge in [0.15, 0.2) is 0 Å². The second-order valence-electron chi connectivity index (χ2n) is 7.13. The molecule has 0 amide bonds. The number of aromatic amines is 1. The number of Topliss-reactive ketones (excluding diaryl/α,β-unsaturated/α-hetero) is 2. The van der Waals surface area contributed by atoms with Gasteiger partial charge in [0.1, 0.15) is 11.5 Å². The molecule has 0 bridgehead atoms. The molecule has 211 valence electrons. The molecule has 1 aromatic rings. The van der Waals surface area contributed by atoms with E-state index in [1.807, 2.05) is 48.7 Å². The Hall–Kier alpha value is 2.61. The van der Waals surface area contributed by atoms with Crippen LogP contribution < -0.4 is 5.73 Å². The first kappa shape index (κ1) is 51.4. The molecule has 1 rings (SSSR count). The fraction of sp³-hybridized carbons (Fsp3) is 0.583. The first-order valence-corrected chi connectivity index (χ1v) is 18.6. The summed E-state index contributed by atoms with van der Waals surface area (Å²) in [6.45, 7) is 16.6.